The second-order valence-electron chi connectivity index (χ2n) is 5.47. The van der Waals surface area contributed by atoms with Crippen LogP contribution in [0.3, 0.4) is 0 Å². The minimum Gasteiger partial charge on any atom is -0.478 e. The molecule has 3 aromatic rings. The molecule has 0 atom stereocenters. The average Bonchev–Trinajstić information content (AvgIpc) is 3.09. The van der Waals surface area contributed by atoms with Crippen molar-refractivity contribution in [3.05, 3.63) is 53.7 Å². The number of carbonyl (C=O) groups is 1. The molecule has 0 aromatic carbocycles. The summed E-state index contributed by atoms with van der Waals surface area (Å²) in [5.74, 6) is 0.195. The van der Waals surface area contributed by atoms with Crippen molar-refractivity contribution in [1.29, 1.82) is 0 Å². The molecule has 0 saturated heterocycles. The summed E-state index contributed by atoms with van der Waals surface area (Å²) in [5.41, 5.74) is 2.08. The van der Waals surface area contributed by atoms with E-state index in [0.29, 0.717) is 23.9 Å². The molecule has 3 heterocycles. The molecular weight excluding hydrogens is 322 g/mol. The van der Waals surface area contributed by atoms with E-state index in [4.69, 9.17) is 9.63 Å². The second-order valence-corrected chi connectivity index (χ2v) is 5.47. The van der Waals surface area contributed by atoms with Crippen LogP contribution in [0.5, 0.6) is 0 Å². The Morgan fingerprint density at radius 3 is 2.72 bits per heavy atom. The molecule has 0 spiro atoms. The lowest BCUT2D eigenvalue weighted by Gasteiger charge is -2.15. The summed E-state index contributed by atoms with van der Waals surface area (Å²) in [4.78, 5) is 25.8. The van der Waals surface area contributed by atoms with E-state index in [-0.39, 0.29) is 5.56 Å². The lowest BCUT2D eigenvalue weighted by Crippen LogP contribution is -2.19. The number of aromatic carboxylic acids is 1. The first kappa shape index (κ1) is 16.6. The van der Waals surface area contributed by atoms with E-state index in [1.807, 2.05) is 24.9 Å². The van der Waals surface area contributed by atoms with E-state index in [0.717, 1.165) is 17.9 Å². The molecule has 0 bridgehead atoms. The molecule has 0 radical (unpaired) electrons. The molecule has 8 heteroatoms. The van der Waals surface area contributed by atoms with E-state index in [1.165, 1.54) is 18.3 Å². The Labute approximate surface area is 144 Å². The van der Waals surface area contributed by atoms with E-state index < -0.39 is 5.97 Å². The van der Waals surface area contributed by atoms with Gasteiger partial charge in [0.1, 0.15) is 0 Å². The number of aryl methyl sites for hydroxylation is 1. The lowest BCUT2D eigenvalue weighted by atomic mass is 10.2. The number of pyridine rings is 1. The highest BCUT2D eigenvalue weighted by atomic mass is 16.5. The van der Waals surface area contributed by atoms with Crippen LogP contribution in [0, 0.1) is 0 Å². The van der Waals surface area contributed by atoms with Crippen molar-refractivity contribution in [3.63, 3.8) is 0 Å². The maximum absolute atomic E-state index is 11.1. The van der Waals surface area contributed by atoms with E-state index in [1.54, 1.807) is 12.3 Å². The Kier molecular flexibility index (Phi) is 4.69. The standard InChI is InChI=1S/C17H17N5O3/c1-3-12-9-13(25-21-12)10-22(2)17-19-7-5-14(20-17)15-8-11(16(23)24)4-6-18-15/h4-9H,3,10H2,1-2H3,(H,23,24). The van der Waals surface area contributed by atoms with Gasteiger partial charge in [0.25, 0.3) is 0 Å². The highest BCUT2D eigenvalue weighted by molar-refractivity contribution is 5.88. The smallest absolute Gasteiger partial charge is 0.335 e. The first-order valence-electron chi connectivity index (χ1n) is 7.75. The molecule has 0 fully saturated rings. The normalized spacial score (nSPS) is 10.6. The maximum atomic E-state index is 11.1. The molecule has 8 nitrogen and oxygen atoms in total. The fraction of sp³-hybridized carbons (Fsp3) is 0.235. The van der Waals surface area contributed by atoms with Crippen LogP contribution in [0.4, 0.5) is 5.95 Å². The number of rotatable bonds is 6. The molecule has 0 unspecified atom stereocenters. The third kappa shape index (κ3) is 3.79. The molecule has 0 aliphatic heterocycles. The quantitative estimate of drug-likeness (QED) is 0.730. The number of carboxylic acid groups (broad SMARTS) is 1. The highest BCUT2D eigenvalue weighted by Crippen LogP contribution is 2.19. The number of carboxylic acids is 1. The van der Waals surface area contributed by atoms with Crippen LogP contribution < -0.4 is 4.90 Å². The zero-order valence-corrected chi connectivity index (χ0v) is 13.9. The Bertz CT molecular complexity index is 893. The van der Waals surface area contributed by atoms with Gasteiger partial charge in [0.15, 0.2) is 5.76 Å². The first-order chi connectivity index (χ1) is 12.1. The van der Waals surface area contributed by atoms with Crippen LogP contribution in [0.2, 0.25) is 0 Å². The number of aromatic nitrogens is 4. The monoisotopic (exact) mass is 339 g/mol. The van der Waals surface area contributed by atoms with Crippen LogP contribution in [0.25, 0.3) is 11.4 Å². The lowest BCUT2D eigenvalue weighted by molar-refractivity contribution is 0.0697. The Morgan fingerprint density at radius 1 is 1.20 bits per heavy atom. The minimum atomic E-state index is -1.01. The summed E-state index contributed by atoms with van der Waals surface area (Å²) in [6.07, 6.45) is 3.87. The molecule has 3 aromatic heterocycles. The molecule has 0 amide bonds. The summed E-state index contributed by atoms with van der Waals surface area (Å²) < 4.78 is 5.28. The van der Waals surface area contributed by atoms with Gasteiger partial charge in [0.2, 0.25) is 5.95 Å². The highest BCUT2D eigenvalue weighted by Gasteiger charge is 2.12. The van der Waals surface area contributed by atoms with Gasteiger partial charge in [-0.2, -0.15) is 0 Å². The third-order valence-electron chi connectivity index (χ3n) is 3.62. The van der Waals surface area contributed by atoms with Gasteiger partial charge in [-0.25, -0.2) is 14.8 Å². The minimum absolute atomic E-state index is 0.160. The van der Waals surface area contributed by atoms with Crippen molar-refractivity contribution < 1.29 is 14.4 Å². The number of nitrogens with zero attached hydrogens (tertiary/aromatic N) is 5. The van der Waals surface area contributed by atoms with Crippen LogP contribution in [-0.4, -0.2) is 38.2 Å². The molecule has 0 saturated carbocycles. The second kappa shape index (κ2) is 7.08. The van der Waals surface area contributed by atoms with Gasteiger partial charge < -0.3 is 14.5 Å². The van der Waals surface area contributed by atoms with Gasteiger partial charge in [0.05, 0.1) is 29.2 Å². The van der Waals surface area contributed by atoms with E-state index in [9.17, 15) is 4.79 Å². The topological polar surface area (TPSA) is 105 Å². The van der Waals surface area contributed by atoms with Crippen LogP contribution in [0.1, 0.15) is 28.7 Å². The van der Waals surface area contributed by atoms with Crippen molar-refractivity contribution in [2.45, 2.75) is 19.9 Å². The van der Waals surface area contributed by atoms with Gasteiger partial charge in [-0.1, -0.05) is 12.1 Å². The van der Waals surface area contributed by atoms with Crippen molar-refractivity contribution in [1.82, 2.24) is 20.1 Å². The Balaban J connectivity index is 1.83. The summed E-state index contributed by atoms with van der Waals surface area (Å²) in [6, 6.07) is 6.51. The van der Waals surface area contributed by atoms with Crippen LogP contribution in [0.15, 0.2) is 41.2 Å². The van der Waals surface area contributed by atoms with Crippen molar-refractivity contribution in [3.8, 4) is 11.4 Å². The van der Waals surface area contributed by atoms with Crippen LogP contribution in [-0.2, 0) is 13.0 Å². The van der Waals surface area contributed by atoms with Crippen molar-refractivity contribution in [2.24, 2.45) is 0 Å². The van der Waals surface area contributed by atoms with Crippen molar-refractivity contribution >= 4 is 11.9 Å². The molecule has 128 valence electrons. The van der Waals surface area contributed by atoms with Gasteiger partial charge in [-0.3, -0.25) is 4.98 Å². The predicted octanol–water partition coefficient (Wildman–Crippen LogP) is 2.42. The first-order valence-corrected chi connectivity index (χ1v) is 7.75. The van der Waals surface area contributed by atoms with E-state index in [2.05, 4.69) is 20.1 Å². The zero-order valence-electron chi connectivity index (χ0n) is 13.9. The van der Waals surface area contributed by atoms with Crippen molar-refractivity contribution in [2.75, 3.05) is 11.9 Å². The molecular formula is C17H17N5O3. The fourth-order valence-corrected chi connectivity index (χ4v) is 2.28. The summed E-state index contributed by atoms with van der Waals surface area (Å²) in [7, 11) is 1.84. The molecule has 3 rings (SSSR count). The number of anilines is 1. The van der Waals surface area contributed by atoms with Crippen LogP contribution >= 0.6 is 0 Å². The summed E-state index contributed by atoms with van der Waals surface area (Å²) in [5, 5.41) is 13.1. The predicted molar refractivity (Wildman–Crippen MR) is 90.2 cm³/mol. The molecule has 0 aliphatic rings. The zero-order chi connectivity index (χ0) is 17.8. The average molecular weight is 339 g/mol. The van der Waals surface area contributed by atoms with Gasteiger partial charge in [0, 0.05) is 25.5 Å². The summed E-state index contributed by atoms with van der Waals surface area (Å²) >= 11 is 0. The summed E-state index contributed by atoms with van der Waals surface area (Å²) in [6.45, 7) is 2.48. The molecule has 0 aliphatic carbocycles. The number of hydrogen-bond acceptors (Lipinski definition) is 7. The van der Waals surface area contributed by atoms with E-state index >= 15 is 0 Å². The number of hydrogen-bond donors (Lipinski definition) is 1. The largest absolute Gasteiger partial charge is 0.478 e. The maximum Gasteiger partial charge on any atom is 0.335 e. The Hall–Kier alpha value is -3.29. The fourth-order valence-electron chi connectivity index (χ4n) is 2.28. The molecule has 1 N–H and O–H groups in total. The van der Waals surface area contributed by atoms with Gasteiger partial charge in [-0.05, 0) is 24.6 Å². The Morgan fingerprint density at radius 2 is 2.00 bits per heavy atom. The van der Waals surface area contributed by atoms with Gasteiger partial charge in [-0.15, -0.1) is 0 Å². The molecule has 25 heavy (non-hydrogen) atoms. The van der Waals surface area contributed by atoms with Gasteiger partial charge >= 0.3 is 5.97 Å². The SMILES string of the molecule is CCc1cc(CN(C)c2nccc(-c3cc(C(=O)O)ccn3)n2)on1. The third-order valence-corrected chi connectivity index (χ3v) is 3.62.